The van der Waals surface area contributed by atoms with Crippen molar-refractivity contribution < 1.29 is 116 Å². The first-order valence-electron chi connectivity index (χ1n) is 10.2. The number of ether oxygens (including phenoxy) is 1. The fourth-order valence-electron chi connectivity index (χ4n) is 2.78. The quantitative estimate of drug-likeness (QED) is 0.0802. The third-order valence-electron chi connectivity index (χ3n) is 4.11. The molecule has 10 atom stereocenters. The lowest BCUT2D eigenvalue weighted by molar-refractivity contribution is -0.0542. The van der Waals surface area contributed by atoms with Gasteiger partial charge in [-0.2, -0.15) is 25.9 Å². The largest absolute Gasteiger partial charge is 0.490 e. The molecule has 36 heteroatoms. The Morgan fingerprint density at radius 2 is 1.07 bits per heavy atom. The van der Waals surface area contributed by atoms with Crippen LogP contribution in [0.4, 0.5) is 0 Å². The minimum Gasteiger partial charge on any atom is -0.387 e. The second-order valence-corrected chi connectivity index (χ2v) is 18.4. The molecule has 0 spiro atoms. The highest BCUT2D eigenvalue weighted by Crippen LogP contribution is 2.76. The average molecular weight is 804 g/mol. The van der Waals surface area contributed by atoms with Crippen molar-refractivity contribution in [3.8, 4) is 0 Å². The molecular weight excluding hydrogens is 785 g/mol. The molecule has 1 aromatic heterocycles. The standard InChI is InChI=1S/C9H19N2O27P7/c12-5-1-2-11(9(15)10-5)8-7(14)6(13)4(32-8)3-31-40(19,20)34-42(23,24)36-44(27,28)38-45(29,30)37-43(25,26)35-41(21,22)33-39(16,17)18/h1-2,4,6-8,13-14H,3H2,(H,19,20)(H,21,22)(H,23,24)(H,25,26)(H,27,28)(H,29,30)(H,10,12,15)(H2,16,17,18)/t4-,6+,7+,8-/m0/s1. The van der Waals surface area contributed by atoms with E-state index >= 15 is 0 Å². The molecule has 1 aliphatic rings. The van der Waals surface area contributed by atoms with Gasteiger partial charge in [0.2, 0.25) is 0 Å². The van der Waals surface area contributed by atoms with Crippen molar-refractivity contribution in [2.45, 2.75) is 24.5 Å². The van der Waals surface area contributed by atoms with Crippen LogP contribution in [-0.4, -0.2) is 83.8 Å². The molecule has 29 nitrogen and oxygen atoms in total. The Hall–Kier alpha value is -0.430. The van der Waals surface area contributed by atoms with Gasteiger partial charge in [-0.1, -0.05) is 0 Å². The second kappa shape index (κ2) is 14.2. The van der Waals surface area contributed by atoms with Crippen molar-refractivity contribution in [3.63, 3.8) is 0 Å². The summed E-state index contributed by atoms with van der Waals surface area (Å²) in [6.07, 6.45) is -6.63. The number of H-pyrrole nitrogens is 1. The Kier molecular flexibility index (Phi) is 12.9. The van der Waals surface area contributed by atoms with Gasteiger partial charge in [0.15, 0.2) is 6.23 Å². The predicted molar refractivity (Wildman–Crippen MR) is 131 cm³/mol. The van der Waals surface area contributed by atoms with E-state index in [0.717, 1.165) is 12.3 Å². The third kappa shape index (κ3) is 13.5. The van der Waals surface area contributed by atoms with Crippen molar-refractivity contribution in [3.05, 3.63) is 33.1 Å². The highest BCUT2D eigenvalue weighted by Gasteiger charge is 2.51. The average Bonchev–Trinajstić information content (AvgIpc) is 3.00. The van der Waals surface area contributed by atoms with Gasteiger partial charge in [-0.3, -0.25) is 18.9 Å². The minimum atomic E-state index is -6.61. The lowest BCUT2D eigenvalue weighted by Gasteiger charge is -2.21. The summed E-state index contributed by atoms with van der Waals surface area (Å²) in [6, 6.07) is 0.822. The number of aromatic amines is 1. The van der Waals surface area contributed by atoms with E-state index in [9.17, 15) is 76.2 Å². The maximum atomic E-state index is 12.1. The number of phosphoric acid groups is 7. The normalized spacial score (nSPS) is 28.9. The van der Waals surface area contributed by atoms with E-state index in [0.29, 0.717) is 4.57 Å². The first-order valence-corrected chi connectivity index (χ1v) is 20.7. The Morgan fingerprint density at radius 3 is 1.47 bits per heavy atom. The molecule has 6 unspecified atom stereocenters. The van der Waals surface area contributed by atoms with Crippen molar-refractivity contribution in [1.82, 2.24) is 9.55 Å². The lowest BCUT2D eigenvalue weighted by atomic mass is 10.1. The zero-order valence-electron chi connectivity index (χ0n) is 20.7. The fraction of sp³-hybridized carbons (Fsp3) is 0.556. The van der Waals surface area contributed by atoms with Crippen molar-refractivity contribution in [2.75, 3.05) is 6.61 Å². The van der Waals surface area contributed by atoms with Gasteiger partial charge in [-0.15, -0.1) is 0 Å². The SMILES string of the molecule is O=c1ccn([C@H]2O[C@@H](COP(=O)(O)OP(=O)(O)OP(=O)(O)OP(=O)(O)OP(=O)(O)OP(=O)(O)OP(=O)(O)O)[C@@H](O)[C@H]2O)c(=O)[nH]1. The van der Waals surface area contributed by atoms with Crippen LogP contribution in [0.15, 0.2) is 21.9 Å². The van der Waals surface area contributed by atoms with E-state index in [1.165, 1.54) is 0 Å². The molecule has 2 heterocycles. The molecule has 11 N–H and O–H groups in total. The maximum Gasteiger partial charge on any atom is 0.490 e. The number of aliphatic hydroxyl groups excluding tert-OH is 2. The van der Waals surface area contributed by atoms with E-state index in [2.05, 4.69) is 30.4 Å². The van der Waals surface area contributed by atoms with Crippen molar-refractivity contribution >= 4 is 54.8 Å². The van der Waals surface area contributed by atoms with Gasteiger partial charge in [0.1, 0.15) is 18.3 Å². The molecular formula is C9H19N2O27P7. The molecule has 1 saturated heterocycles. The lowest BCUT2D eigenvalue weighted by Crippen LogP contribution is -2.37. The van der Waals surface area contributed by atoms with Crippen LogP contribution in [0.2, 0.25) is 0 Å². The number of aromatic nitrogens is 2. The summed E-state index contributed by atoms with van der Waals surface area (Å²) in [7, 11) is -44.3. The number of nitrogens with one attached hydrogen (secondary N) is 1. The summed E-state index contributed by atoms with van der Waals surface area (Å²) >= 11 is 0. The highest BCUT2D eigenvalue weighted by molar-refractivity contribution is 7.73. The Bertz CT molecular complexity index is 1710. The molecule has 1 aliphatic heterocycles. The molecule has 0 aromatic carbocycles. The molecule has 1 aromatic rings. The van der Waals surface area contributed by atoms with Gasteiger partial charge >= 0.3 is 60.4 Å². The zero-order valence-corrected chi connectivity index (χ0v) is 26.9. The third-order valence-corrected chi connectivity index (χ3v) is 14.5. The summed E-state index contributed by atoms with van der Waals surface area (Å²) in [6.45, 7) is -1.31. The predicted octanol–water partition coefficient (Wildman–Crippen LogP) is -2.03. The highest BCUT2D eigenvalue weighted by atomic mass is 31.3. The van der Waals surface area contributed by atoms with Gasteiger partial charge in [0.25, 0.3) is 5.56 Å². The van der Waals surface area contributed by atoms with Crippen LogP contribution in [-0.2, 0) is 67.1 Å². The van der Waals surface area contributed by atoms with Gasteiger partial charge in [0, 0.05) is 12.3 Å². The Labute approximate surface area is 245 Å². The minimum absolute atomic E-state index is 0.586. The second-order valence-electron chi connectivity index (χ2n) is 7.65. The summed E-state index contributed by atoms with van der Waals surface area (Å²) in [4.78, 5) is 97.7. The van der Waals surface area contributed by atoms with Gasteiger partial charge in [-0.05, 0) is 0 Å². The topological polar surface area (TPSA) is 450 Å². The number of hydrogen-bond acceptors (Lipinski definition) is 19. The zero-order chi connectivity index (χ0) is 35.0. The van der Waals surface area contributed by atoms with E-state index in [1.54, 1.807) is 4.98 Å². The van der Waals surface area contributed by atoms with Crippen LogP contribution in [0.3, 0.4) is 0 Å². The molecule has 0 radical (unpaired) electrons. The number of phosphoric ester groups is 1. The van der Waals surface area contributed by atoms with Crippen LogP contribution < -0.4 is 11.2 Å². The summed E-state index contributed by atoms with van der Waals surface area (Å²) < 4.78 is 111. The number of aliphatic hydroxyl groups is 2. The maximum absolute atomic E-state index is 12.1. The molecule has 262 valence electrons. The first kappa shape index (κ1) is 40.7. The fourth-order valence-corrected chi connectivity index (χ4v) is 11.5. The molecule has 2 rings (SSSR count). The number of nitrogens with zero attached hydrogens (tertiary/aromatic N) is 1. The smallest absolute Gasteiger partial charge is 0.387 e. The molecule has 0 bridgehead atoms. The van der Waals surface area contributed by atoms with Crippen LogP contribution in [0.1, 0.15) is 6.23 Å². The molecule has 0 saturated carbocycles. The first-order chi connectivity index (χ1) is 19.9. The van der Waals surface area contributed by atoms with Crippen LogP contribution in [0.5, 0.6) is 0 Å². The van der Waals surface area contributed by atoms with E-state index in [-0.39, 0.29) is 0 Å². The number of hydrogen-bond donors (Lipinski definition) is 11. The molecule has 45 heavy (non-hydrogen) atoms. The van der Waals surface area contributed by atoms with Crippen LogP contribution >= 0.6 is 54.8 Å². The molecule has 0 amide bonds. The summed E-state index contributed by atoms with van der Waals surface area (Å²) in [5, 5.41) is 20.2. The van der Waals surface area contributed by atoms with E-state index < -0.39 is 97.2 Å². The van der Waals surface area contributed by atoms with E-state index in [1.807, 2.05) is 0 Å². The van der Waals surface area contributed by atoms with Gasteiger partial charge in [-0.25, -0.2) is 36.7 Å². The Morgan fingerprint density at radius 1 is 0.667 bits per heavy atom. The monoisotopic (exact) mass is 804 g/mol. The number of rotatable bonds is 16. The van der Waals surface area contributed by atoms with Crippen molar-refractivity contribution in [1.29, 1.82) is 0 Å². The van der Waals surface area contributed by atoms with Crippen LogP contribution in [0, 0.1) is 0 Å². The van der Waals surface area contributed by atoms with Gasteiger partial charge in [0.05, 0.1) is 6.61 Å². The Balaban J connectivity index is 2.03. The van der Waals surface area contributed by atoms with Gasteiger partial charge < -0.3 is 54.1 Å². The summed E-state index contributed by atoms with van der Waals surface area (Å²) in [5.74, 6) is 0. The van der Waals surface area contributed by atoms with Crippen molar-refractivity contribution in [2.24, 2.45) is 0 Å². The van der Waals surface area contributed by atoms with E-state index in [4.69, 9.17) is 19.4 Å². The molecule has 1 fully saturated rings. The molecule has 0 aliphatic carbocycles. The summed E-state index contributed by atoms with van der Waals surface area (Å²) in [5.41, 5.74) is -1.97. The van der Waals surface area contributed by atoms with Crippen LogP contribution in [0.25, 0.3) is 0 Å².